The molecular weight excluding hydrogens is 520 g/mol. The second-order valence-corrected chi connectivity index (χ2v) is 9.82. The maximum Gasteiger partial charge on any atom is 0.270 e. The summed E-state index contributed by atoms with van der Waals surface area (Å²) in [4.78, 5) is 31.1. The number of hydrogen-bond donors (Lipinski definition) is 0. The van der Waals surface area contributed by atoms with Crippen LogP contribution in [0.3, 0.4) is 0 Å². The van der Waals surface area contributed by atoms with Crippen LogP contribution in [0.15, 0.2) is 84.4 Å². The fraction of sp³-hybridized carbons (Fsp3) is 0.182. The Kier molecular flexibility index (Phi) is 7.67. The van der Waals surface area contributed by atoms with Crippen molar-refractivity contribution in [3.63, 3.8) is 0 Å². The van der Waals surface area contributed by atoms with E-state index in [1.54, 1.807) is 18.2 Å². The lowest BCUT2D eigenvalue weighted by Gasteiger charge is -2.36. The van der Waals surface area contributed by atoms with Crippen LogP contribution in [0.2, 0.25) is 0 Å². The lowest BCUT2D eigenvalue weighted by molar-refractivity contribution is -0.120. The highest BCUT2D eigenvalue weighted by Gasteiger charge is 2.41. The first-order valence-electron chi connectivity index (χ1n) is 13.2. The zero-order chi connectivity index (χ0) is 28.4. The zero-order valence-corrected chi connectivity index (χ0v) is 23.7. The quantitative estimate of drug-likeness (QED) is 0.141. The maximum absolute atomic E-state index is 14.2. The predicted molar refractivity (Wildman–Crippen MR) is 164 cm³/mol. The van der Waals surface area contributed by atoms with Crippen LogP contribution in [0.4, 0.5) is 11.4 Å². The van der Waals surface area contributed by atoms with Gasteiger partial charge in [-0.15, -0.1) is 0 Å². The van der Waals surface area contributed by atoms with Gasteiger partial charge < -0.3 is 9.47 Å². The molecule has 1 heterocycles. The summed E-state index contributed by atoms with van der Waals surface area (Å²) in [5.41, 5.74) is 3.88. The largest absolute Gasteiger partial charge is 0.494 e. The lowest BCUT2D eigenvalue weighted by Crippen LogP contribution is -2.57. The first-order chi connectivity index (χ1) is 19.3. The van der Waals surface area contributed by atoms with Gasteiger partial charge in [0.1, 0.15) is 17.1 Å². The summed E-state index contributed by atoms with van der Waals surface area (Å²) in [5.74, 6) is 0.259. The molecule has 1 saturated heterocycles. The van der Waals surface area contributed by atoms with Gasteiger partial charge in [0.05, 0.1) is 24.6 Å². The minimum absolute atomic E-state index is 0.0223. The van der Waals surface area contributed by atoms with Gasteiger partial charge in [-0.2, -0.15) is 0 Å². The Bertz CT molecular complexity index is 1660. The van der Waals surface area contributed by atoms with Gasteiger partial charge in [-0.1, -0.05) is 36.4 Å². The van der Waals surface area contributed by atoms with Crippen molar-refractivity contribution in [2.75, 3.05) is 23.0 Å². The molecule has 2 amide bonds. The highest BCUT2D eigenvalue weighted by Crippen LogP contribution is 2.36. The minimum atomic E-state index is -0.498. The van der Waals surface area contributed by atoms with Crippen molar-refractivity contribution in [3.05, 3.63) is 101 Å². The molecule has 0 saturated carbocycles. The number of benzene rings is 4. The van der Waals surface area contributed by atoms with Crippen LogP contribution >= 0.6 is 12.2 Å². The summed E-state index contributed by atoms with van der Waals surface area (Å²) < 4.78 is 11.7. The third-order valence-electron chi connectivity index (χ3n) is 6.91. The molecular formula is C33H30N2O4S. The van der Waals surface area contributed by atoms with Crippen LogP contribution < -0.4 is 19.3 Å². The highest BCUT2D eigenvalue weighted by atomic mass is 32.1. The van der Waals surface area contributed by atoms with E-state index in [2.05, 4.69) is 0 Å². The summed E-state index contributed by atoms with van der Waals surface area (Å²) >= 11 is 5.79. The number of amides is 2. The average Bonchev–Trinajstić information content (AvgIpc) is 2.94. The number of carbonyl (C=O) groups excluding carboxylic acids is 2. The predicted octanol–water partition coefficient (Wildman–Crippen LogP) is 7.00. The van der Waals surface area contributed by atoms with Crippen LogP contribution in [-0.4, -0.2) is 30.1 Å². The van der Waals surface area contributed by atoms with E-state index in [0.29, 0.717) is 41.7 Å². The Morgan fingerprint density at radius 1 is 0.750 bits per heavy atom. The molecule has 0 N–H and O–H groups in total. The number of hydrogen-bond acceptors (Lipinski definition) is 5. The number of anilines is 2. The molecule has 1 fully saturated rings. The molecule has 0 bridgehead atoms. The molecule has 0 unspecified atom stereocenters. The van der Waals surface area contributed by atoms with E-state index >= 15 is 0 Å². The summed E-state index contributed by atoms with van der Waals surface area (Å²) in [6.45, 7) is 8.74. The van der Waals surface area contributed by atoms with Crippen molar-refractivity contribution in [1.82, 2.24) is 0 Å². The van der Waals surface area contributed by atoms with E-state index in [-0.39, 0.29) is 10.7 Å². The van der Waals surface area contributed by atoms with Crippen LogP contribution in [0.25, 0.3) is 16.8 Å². The Balaban J connectivity index is 1.75. The third-order valence-corrected chi connectivity index (χ3v) is 7.27. The van der Waals surface area contributed by atoms with E-state index in [4.69, 9.17) is 21.7 Å². The Labute approximate surface area is 239 Å². The standard InChI is InChI=1S/C33H30N2O4S/c1-5-38-26-16-13-23-14-17-30(39-6-2)28(27(23)19-26)20-29-31(36)34(24-10-8-7-9-11-24)33(40)35(32(29)37)25-15-12-21(3)22(4)18-25/h7-20H,5-6H2,1-4H3/b29-20-. The van der Waals surface area contributed by atoms with Crippen molar-refractivity contribution >= 4 is 57.4 Å². The number of fused-ring (bicyclic) bond motifs is 1. The Morgan fingerprint density at radius 3 is 2.10 bits per heavy atom. The Hall–Kier alpha value is -4.49. The number of rotatable bonds is 7. The van der Waals surface area contributed by atoms with Gasteiger partial charge in [-0.25, -0.2) is 0 Å². The van der Waals surface area contributed by atoms with Crippen molar-refractivity contribution in [1.29, 1.82) is 0 Å². The maximum atomic E-state index is 14.2. The molecule has 1 aliphatic heterocycles. The lowest BCUT2D eigenvalue weighted by atomic mass is 9.98. The number of nitrogens with zero attached hydrogens (tertiary/aromatic N) is 2. The van der Waals surface area contributed by atoms with Gasteiger partial charge in [0.15, 0.2) is 5.11 Å². The summed E-state index contributed by atoms with van der Waals surface area (Å²) in [5, 5.41) is 1.83. The van der Waals surface area contributed by atoms with Gasteiger partial charge in [-0.05, 0) is 110 Å². The van der Waals surface area contributed by atoms with Gasteiger partial charge >= 0.3 is 0 Å². The molecule has 0 radical (unpaired) electrons. The molecule has 202 valence electrons. The van der Waals surface area contributed by atoms with E-state index in [1.807, 2.05) is 94.4 Å². The SMILES string of the molecule is CCOc1ccc2ccc(OCC)c(/C=C3/C(=O)N(c4ccccc4)C(=S)N(c4ccc(C)c(C)c4)C3=O)c2c1. The van der Waals surface area contributed by atoms with Gasteiger partial charge in [0, 0.05) is 5.56 Å². The third kappa shape index (κ3) is 4.96. The molecule has 5 rings (SSSR count). The zero-order valence-electron chi connectivity index (χ0n) is 22.9. The summed E-state index contributed by atoms with van der Waals surface area (Å²) in [7, 11) is 0. The van der Waals surface area contributed by atoms with Crippen molar-refractivity contribution in [2.24, 2.45) is 0 Å². The van der Waals surface area contributed by atoms with Gasteiger partial charge in [0.2, 0.25) is 0 Å². The number of para-hydroxylation sites is 1. The molecule has 4 aromatic rings. The first kappa shape index (κ1) is 27.1. The van der Waals surface area contributed by atoms with E-state index in [1.165, 1.54) is 9.80 Å². The molecule has 1 aliphatic rings. The highest BCUT2D eigenvalue weighted by molar-refractivity contribution is 7.81. The molecule has 0 spiro atoms. The van der Waals surface area contributed by atoms with Crippen LogP contribution in [-0.2, 0) is 9.59 Å². The molecule has 0 aliphatic carbocycles. The number of aryl methyl sites for hydroxylation is 2. The Morgan fingerprint density at radius 2 is 1.43 bits per heavy atom. The van der Waals surface area contributed by atoms with Gasteiger partial charge in [0.25, 0.3) is 11.8 Å². The van der Waals surface area contributed by atoms with Crippen LogP contribution in [0.1, 0.15) is 30.5 Å². The normalized spacial score (nSPS) is 14.8. The molecule has 0 atom stereocenters. The monoisotopic (exact) mass is 550 g/mol. The second-order valence-electron chi connectivity index (χ2n) is 9.45. The molecule has 0 aromatic heterocycles. The fourth-order valence-corrected chi connectivity index (χ4v) is 5.14. The second kappa shape index (κ2) is 11.3. The summed E-state index contributed by atoms with van der Waals surface area (Å²) in [6.07, 6.45) is 1.62. The number of carbonyl (C=O) groups is 2. The van der Waals surface area contributed by atoms with E-state index in [0.717, 1.165) is 21.9 Å². The average molecular weight is 551 g/mol. The molecule has 40 heavy (non-hydrogen) atoms. The molecule has 4 aromatic carbocycles. The van der Waals surface area contributed by atoms with E-state index < -0.39 is 11.8 Å². The van der Waals surface area contributed by atoms with Crippen LogP contribution in [0.5, 0.6) is 11.5 Å². The molecule has 6 nitrogen and oxygen atoms in total. The van der Waals surface area contributed by atoms with Crippen molar-refractivity contribution in [2.45, 2.75) is 27.7 Å². The fourth-order valence-electron chi connectivity index (χ4n) is 4.76. The minimum Gasteiger partial charge on any atom is -0.494 e. The van der Waals surface area contributed by atoms with Gasteiger partial charge in [-0.3, -0.25) is 19.4 Å². The number of ether oxygens (including phenoxy) is 2. The van der Waals surface area contributed by atoms with Crippen molar-refractivity contribution < 1.29 is 19.1 Å². The smallest absolute Gasteiger partial charge is 0.270 e. The topological polar surface area (TPSA) is 59.1 Å². The summed E-state index contributed by atoms with van der Waals surface area (Å²) in [6, 6.07) is 24.4. The molecule has 7 heteroatoms. The first-order valence-corrected chi connectivity index (χ1v) is 13.6. The van der Waals surface area contributed by atoms with E-state index in [9.17, 15) is 9.59 Å². The number of thiocarbonyl (C=S) groups is 1. The van der Waals surface area contributed by atoms with Crippen molar-refractivity contribution in [3.8, 4) is 11.5 Å². The van der Waals surface area contributed by atoms with Crippen LogP contribution in [0, 0.1) is 13.8 Å².